The average Bonchev–Trinajstić information content (AvgIpc) is 2.67. The minimum absolute atomic E-state index is 0.0689. The highest BCUT2D eigenvalue weighted by Gasteiger charge is 2.62. The van der Waals surface area contributed by atoms with E-state index in [1.165, 1.54) is 0 Å². The molecule has 2 N–H and O–H groups in total. The number of rotatable bonds is 1. The molecule has 148 valence electrons. The van der Waals surface area contributed by atoms with E-state index in [0.29, 0.717) is 37.2 Å². The largest absolute Gasteiger partial charge is 0.467 e. The molecule has 5 aliphatic rings. The van der Waals surface area contributed by atoms with Crippen LogP contribution in [-0.4, -0.2) is 48.0 Å². The van der Waals surface area contributed by atoms with Gasteiger partial charge in [-0.3, -0.25) is 14.4 Å². The first-order chi connectivity index (χ1) is 13.4. The van der Waals surface area contributed by atoms with Crippen molar-refractivity contribution in [1.82, 2.24) is 15.5 Å². The summed E-state index contributed by atoms with van der Waals surface area (Å²) < 4.78 is 6.40. The van der Waals surface area contributed by atoms with Gasteiger partial charge in [-0.1, -0.05) is 19.1 Å². The number of para-hydroxylation sites is 1. The third-order valence-corrected chi connectivity index (χ3v) is 7.15. The van der Waals surface area contributed by atoms with E-state index in [1.807, 2.05) is 18.2 Å². The number of amides is 3. The average molecular weight is 383 g/mol. The third kappa shape index (κ3) is 2.52. The topological polar surface area (TPSA) is 87.7 Å². The fourth-order valence-electron chi connectivity index (χ4n) is 5.68. The summed E-state index contributed by atoms with van der Waals surface area (Å²) in [7, 11) is 0. The van der Waals surface area contributed by atoms with E-state index in [1.54, 1.807) is 11.0 Å². The van der Waals surface area contributed by atoms with Crippen LogP contribution in [0.15, 0.2) is 24.3 Å². The third-order valence-electron chi connectivity index (χ3n) is 7.15. The van der Waals surface area contributed by atoms with E-state index in [0.717, 1.165) is 12.8 Å². The Morgan fingerprint density at radius 3 is 2.89 bits per heavy atom. The molecular weight excluding hydrogens is 358 g/mol. The molecule has 28 heavy (non-hydrogen) atoms. The van der Waals surface area contributed by atoms with Crippen LogP contribution in [0.4, 0.5) is 0 Å². The van der Waals surface area contributed by atoms with Gasteiger partial charge in [0.05, 0.1) is 12.1 Å². The SMILES string of the molecule is C[C@@]12CC[C@H](C[C@@H]1C(=O)N1CCNC(=O)C1)[C@@]1(C2)NC(=O)c2ccccc2O1. The molecule has 3 aliphatic carbocycles. The molecule has 6 rings (SSSR count). The molecule has 7 nitrogen and oxygen atoms in total. The zero-order valence-corrected chi connectivity index (χ0v) is 16.0. The Kier molecular flexibility index (Phi) is 3.73. The summed E-state index contributed by atoms with van der Waals surface area (Å²) in [6, 6.07) is 7.32. The molecule has 3 amide bonds. The predicted molar refractivity (Wildman–Crippen MR) is 100 cm³/mol. The van der Waals surface area contributed by atoms with Crippen molar-refractivity contribution >= 4 is 17.7 Å². The molecule has 1 aromatic rings. The molecule has 7 heteroatoms. The van der Waals surface area contributed by atoms with Gasteiger partial charge in [-0.2, -0.15) is 0 Å². The molecule has 4 atom stereocenters. The summed E-state index contributed by atoms with van der Waals surface area (Å²) in [5.74, 6) is 0.437. The van der Waals surface area contributed by atoms with Crippen molar-refractivity contribution in [2.45, 2.75) is 38.3 Å². The van der Waals surface area contributed by atoms with Crippen molar-refractivity contribution in [3.05, 3.63) is 29.8 Å². The number of nitrogens with zero attached hydrogens (tertiary/aromatic N) is 1. The number of hydrogen-bond donors (Lipinski definition) is 2. The van der Waals surface area contributed by atoms with Crippen LogP contribution < -0.4 is 15.4 Å². The van der Waals surface area contributed by atoms with Crippen LogP contribution in [0.5, 0.6) is 5.75 Å². The Morgan fingerprint density at radius 2 is 2.11 bits per heavy atom. The van der Waals surface area contributed by atoms with Crippen molar-refractivity contribution in [2.75, 3.05) is 19.6 Å². The molecule has 1 spiro atoms. The van der Waals surface area contributed by atoms with Gasteiger partial charge in [-0.25, -0.2) is 0 Å². The Bertz CT molecular complexity index is 871. The van der Waals surface area contributed by atoms with Gasteiger partial charge in [0, 0.05) is 31.3 Å². The molecule has 2 heterocycles. The van der Waals surface area contributed by atoms with Crippen LogP contribution in [0, 0.1) is 17.3 Å². The van der Waals surface area contributed by atoms with E-state index < -0.39 is 5.72 Å². The first kappa shape index (κ1) is 17.5. The highest BCUT2D eigenvalue weighted by Crippen LogP contribution is 2.59. The van der Waals surface area contributed by atoms with Crippen molar-refractivity contribution in [1.29, 1.82) is 0 Å². The van der Waals surface area contributed by atoms with Crippen LogP contribution >= 0.6 is 0 Å². The minimum Gasteiger partial charge on any atom is -0.467 e. The Morgan fingerprint density at radius 1 is 1.29 bits per heavy atom. The van der Waals surface area contributed by atoms with Crippen LogP contribution in [0.2, 0.25) is 0 Å². The molecule has 0 unspecified atom stereocenters. The van der Waals surface area contributed by atoms with Crippen LogP contribution in [0.1, 0.15) is 43.0 Å². The summed E-state index contributed by atoms with van der Waals surface area (Å²) in [6.07, 6.45) is 3.14. The van der Waals surface area contributed by atoms with Gasteiger partial charge in [-0.05, 0) is 36.8 Å². The van der Waals surface area contributed by atoms with Crippen molar-refractivity contribution in [3.63, 3.8) is 0 Å². The molecule has 0 radical (unpaired) electrons. The van der Waals surface area contributed by atoms with E-state index in [9.17, 15) is 14.4 Å². The van der Waals surface area contributed by atoms with Gasteiger partial charge in [0.1, 0.15) is 5.75 Å². The fourth-order valence-corrected chi connectivity index (χ4v) is 5.68. The van der Waals surface area contributed by atoms with E-state index >= 15 is 0 Å². The molecule has 2 bridgehead atoms. The fraction of sp³-hybridized carbons (Fsp3) is 0.571. The summed E-state index contributed by atoms with van der Waals surface area (Å²) >= 11 is 0. The molecule has 4 fully saturated rings. The van der Waals surface area contributed by atoms with E-state index in [-0.39, 0.29) is 41.5 Å². The van der Waals surface area contributed by atoms with E-state index in [4.69, 9.17) is 4.74 Å². The first-order valence-corrected chi connectivity index (χ1v) is 10.1. The maximum absolute atomic E-state index is 13.2. The summed E-state index contributed by atoms with van der Waals surface area (Å²) in [4.78, 5) is 39.4. The number of benzene rings is 1. The highest BCUT2D eigenvalue weighted by molar-refractivity contribution is 5.98. The lowest BCUT2D eigenvalue weighted by molar-refractivity contribution is -0.175. The Labute approximate surface area is 163 Å². The van der Waals surface area contributed by atoms with Crippen molar-refractivity contribution in [2.24, 2.45) is 17.3 Å². The number of ether oxygens (including phenoxy) is 1. The maximum atomic E-state index is 13.2. The van der Waals surface area contributed by atoms with Crippen molar-refractivity contribution < 1.29 is 19.1 Å². The summed E-state index contributed by atoms with van der Waals surface area (Å²) in [5, 5.41) is 5.91. The van der Waals surface area contributed by atoms with Gasteiger partial charge in [-0.15, -0.1) is 0 Å². The van der Waals surface area contributed by atoms with Crippen LogP contribution in [0.25, 0.3) is 0 Å². The summed E-state index contributed by atoms with van der Waals surface area (Å²) in [6.45, 7) is 3.35. The second-order valence-electron chi connectivity index (χ2n) is 8.91. The zero-order valence-electron chi connectivity index (χ0n) is 16.0. The predicted octanol–water partition coefficient (Wildman–Crippen LogP) is 1.29. The minimum atomic E-state index is -0.742. The molecular formula is C21H25N3O4. The summed E-state index contributed by atoms with van der Waals surface area (Å²) in [5.41, 5.74) is -0.444. The quantitative estimate of drug-likeness (QED) is 0.765. The highest BCUT2D eigenvalue weighted by atomic mass is 16.5. The molecule has 0 aromatic heterocycles. The van der Waals surface area contributed by atoms with Gasteiger partial charge in [0.15, 0.2) is 5.72 Å². The van der Waals surface area contributed by atoms with Crippen LogP contribution in [0.3, 0.4) is 0 Å². The maximum Gasteiger partial charge on any atom is 0.258 e. The monoisotopic (exact) mass is 383 g/mol. The lowest BCUT2D eigenvalue weighted by atomic mass is 9.52. The second kappa shape index (κ2) is 5.96. The van der Waals surface area contributed by atoms with Gasteiger partial charge < -0.3 is 20.3 Å². The molecule has 1 aromatic carbocycles. The molecule has 3 saturated carbocycles. The van der Waals surface area contributed by atoms with Gasteiger partial charge in [0.25, 0.3) is 5.91 Å². The lowest BCUT2D eigenvalue weighted by Gasteiger charge is -2.60. The van der Waals surface area contributed by atoms with E-state index in [2.05, 4.69) is 17.6 Å². The Hall–Kier alpha value is -2.57. The normalized spacial score (nSPS) is 36.4. The second-order valence-corrected chi connectivity index (χ2v) is 8.91. The lowest BCUT2D eigenvalue weighted by Crippen LogP contribution is -2.69. The van der Waals surface area contributed by atoms with Crippen molar-refractivity contribution in [3.8, 4) is 5.75 Å². The van der Waals surface area contributed by atoms with Crippen LogP contribution in [-0.2, 0) is 9.59 Å². The number of carbonyl (C=O) groups is 3. The number of carbonyl (C=O) groups excluding carboxylic acids is 3. The standard InChI is InChI=1S/C21H25N3O4/c1-20-7-6-13(10-15(20)19(27)24-9-8-22-17(25)11-24)21(12-20)23-18(26)14-4-2-3-5-16(14)28-21/h2-5,13,15H,6-12H2,1H3,(H,22,25)(H,23,26)/t13-,15-,20+,21+/m1/s1. The molecule has 2 aliphatic heterocycles. The first-order valence-electron chi connectivity index (χ1n) is 10.1. The number of nitrogens with one attached hydrogen (secondary N) is 2. The number of hydrogen-bond acceptors (Lipinski definition) is 4. The zero-order chi connectivity index (χ0) is 19.5. The smallest absolute Gasteiger partial charge is 0.258 e. The van der Waals surface area contributed by atoms with Gasteiger partial charge >= 0.3 is 0 Å². The van der Waals surface area contributed by atoms with Gasteiger partial charge in [0.2, 0.25) is 11.8 Å². The molecule has 1 saturated heterocycles. The number of piperazine rings is 1. The Balaban J connectivity index is 1.42. The number of fused-ring (bicyclic) bond motifs is 3.